The van der Waals surface area contributed by atoms with Gasteiger partial charge in [0.15, 0.2) is 11.5 Å². The summed E-state index contributed by atoms with van der Waals surface area (Å²) in [6.07, 6.45) is 1.94. The quantitative estimate of drug-likeness (QED) is 0.685. The Balaban J connectivity index is 1.45. The summed E-state index contributed by atoms with van der Waals surface area (Å²) in [7, 11) is 0. The number of nitrogens with one attached hydrogen (secondary N) is 1. The summed E-state index contributed by atoms with van der Waals surface area (Å²) in [5, 5.41) is 2.84. The summed E-state index contributed by atoms with van der Waals surface area (Å²) in [6, 6.07) is 13.1. The van der Waals surface area contributed by atoms with Crippen molar-refractivity contribution in [1.82, 2.24) is 10.2 Å². The fourth-order valence-corrected chi connectivity index (χ4v) is 4.05. The third-order valence-electron chi connectivity index (χ3n) is 5.11. The molecule has 0 unspecified atom stereocenters. The van der Waals surface area contributed by atoms with Gasteiger partial charge in [-0.2, -0.15) is 11.8 Å². The highest BCUT2D eigenvalue weighted by Gasteiger charge is 2.42. The third-order valence-corrected chi connectivity index (χ3v) is 5.75. The smallest absolute Gasteiger partial charge is 0.262 e. The van der Waals surface area contributed by atoms with Crippen LogP contribution in [0.5, 0.6) is 11.5 Å². The van der Waals surface area contributed by atoms with E-state index in [-0.39, 0.29) is 18.6 Å². The molecule has 2 heterocycles. The van der Waals surface area contributed by atoms with Gasteiger partial charge < -0.3 is 14.8 Å². The van der Waals surface area contributed by atoms with Crippen LogP contribution in [0.2, 0.25) is 0 Å². The summed E-state index contributed by atoms with van der Waals surface area (Å²) >= 11 is 1.56. The average molecular weight is 426 g/mol. The molecule has 0 radical (unpaired) electrons. The second-order valence-electron chi connectivity index (χ2n) is 7.07. The van der Waals surface area contributed by atoms with E-state index in [4.69, 9.17) is 9.47 Å². The van der Waals surface area contributed by atoms with Gasteiger partial charge in [0.1, 0.15) is 18.8 Å². The molecule has 2 aliphatic rings. The summed E-state index contributed by atoms with van der Waals surface area (Å²) in [4.78, 5) is 39.8. The van der Waals surface area contributed by atoms with E-state index in [0.717, 1.165) is 4.90 Å². The molecule has 4 rings (SSSR count). The van der Waals surface area contributed by atoms with Crippen molar-refractivity contribution < 1.29 is 23.9 Å². The van der Waals surface area contributed by atoms with E-state index in [1.165, 1.54) is 0 Å². The predicted molar refractivity (Wildman–Crippen MR) is 113 cm³/mol. The van der Waals surface area contributed by atoms with Gasteiger partial charge in [0.2, 0.25) is 5.91 Å². The second-order valence-corrected chi connectivity index (χ2v) is 8.05. The monoisotopic (exact) mass is 426 g/mol. The number of ether oxygens (including phenoxy) is 2. The molecule has 2 aromatic carbocycles. The summed E-state index contributed by atoms with van der Waals surface area (Å²) in [6.45, 7) is 0.520. The van der Waals surface area contributed by atoms with E-state index in [0.29, 0.717) is 41.4 Å². The number of benzene rings is 2. The lowest BCUT2D eigenvalue weighted by atomic mass is 10.1. The van der Waals surface area contributed by atoms with E-state index >= 15 is 0 Å². The number of carbonyl (C=O) groups excluding carboxylic acids is 3. The van der Waals surface area contributed by atoms with Gasteiger partial charge >= 0.3 is 0 Å². The Labute approximate surface area is 178 Å². The molecule has 0 spiro atoms. The number of para-hydroxylation sites is 2. The Bertz CT molecular complexity index is 945. The van der Waals surface area contributed by atoms with Crippen LogP contribution >= 0.6 is 11.8 Å². The van der Waals surface area contributed by atoms with Gasteiger partial charge in [0.25, 0.3) is 11.8 Å². The van der Waals surface area contributed by atoms with Gasteiger partial charge in [0, 0.05) is 0 Å². The molecule has 0 aromatic heterocycles. The fraction of sp³-hybridized carbons (Fsp3) is 0.318. The Morgan fingerprint density at radius 3 is 2.40 bits per heavy atom. The first kappa shape index (κ1) is 20.3. The standard InChI is InChI=1S/C22H22N2O5S/c1-30-11-10-17(24-21(26)15-6-2-3-7-16(15)22(24)27)20(25)23-12-14-13-28-18-8-4-5-9-19(18)29-14/h2-9,14,17H,10-13H2,1H3,(H,23,25)/t14-,17+/m0/s1. The normalized spacial score (nSPS) is 18.2. The van der Waals surface area contributed by atoms with Gasteiger partial charge in [0.05, 0.1) is 17.7 Å². The van der Waals surface area contributed by atoms with Gasteiger partial charge in [-0.15, -0.1) is 0 Å². The number of amides is 3. The molecule has 0 aliphatic carbocycles. The van der Waals surface area contributed by atoms with Crippen LogP contribution in [0.1, 0.15) is 27.1 Å². The van der Waals surface area contributed by atoms with Crippen LogP contribution in [0.3, 0.4) is 0 Å². The summed E-state index contributed by atoms with van der Waals surface area (Å²) in [5.74, 6) is 0.709. The molecule has 7 nitrogen and oxygen atoms in total. The fourth-order valence-electron chi connectivity index (χ4n) is 3.59. The lowest BCUT2D eigenvalue weighted by molar-refractivity contribution is -0.125. The highest BCUT2D eigenvalue weighted by molar-refractivity contribution is 7.98. The second kappa shape index (κ2) is 8.79. The topological polar surface area (TPSA) is 84.9 Å². The van der Waals surface area contributed by atoms with E-state index < -0.39 is 17.9 Å². The maximum Gasteiger partial charge on any atom is 0.262 e. The molecule has 2 aromatic rings. The number of carbonyl (C=O) groups is 3. The van der Waals surface area contributed by atoms with Crippen molar-refractivity contribution in [1.29, 1.82) is 0 Å². The molecule has 2 atom stereocenters. The average Bonchev–Trinajstić information content (AvgIpc) is 3.03. The maximum absolute atomic E-state index is 13.0. The van der Waals surface area contributed by atoms with Crippen molar-refractivity contribution >= 4 is 29.5 Å². The van der Waals surface area contributed by atoms with Gasteiger partial charge in [-0.25, -0.2) is 0 Å². The Morgan fingerprint density at radius 1 is 1.10 bits per heavy atom. The van der Waals surface area contributed by atoms with Crippen LogP contribution in [0.25, 0.3) is 0 Å². The van der Waals surface area contributed by atoms with Crippen molar-refractivity contribution in [3.8, 4) is 11.5 Å². The van der Waals surface area contributed by atoms with Crippen LogP contribution in [0, 0.1) is 0 Å². The molecule has 8 heteroatoms. The van der Waals surface area contributed by atoms with Crippen molar-refractivity contribution in [2.24, 2.45) is 0 Å². The summed E-state index contributed by atoms with van der Waals surface area (Å²) in [5.41, 5.74) is 0.676. The number of fused-ring (bicyclic) bond motifs is 2. The minimum absolute atomic E-state index is 0.214. The molecular weight excluding hydrogens is 404 g/mol. The van der Waals surface area contributed by atoms with Crippen LogP contribution in [0.15, 0.2) is 48.5 Å². The van der Waals surface area contributed by atoms with E-state index in [1.807, 2.05) is 30.5 Å². The number of thioether (sulfide) groups is 1. The van der Waals surface area contributed by atoms with Crippen LogP contribution in [-0.2, 0) is 4.79 Å². The first-order chi connectivity index (χ1) is 14.6. The maximum atomic E-state index is 13.0. The molecule has 2 aliphatic heterocycles. The van der Waals surface area contributed by atoms with Crippen LogP contribution in [-0.4, -0.2) is 59.9 Å². The highest BCUT2D eigenvalue weighted by Crippen LogP contribution is 2.31. The summed E-state index contributed by atoms with van der Waals surface area (Å²) < 4.78 is 11.5. The lowest BCUT2D eigenvalue weighted by Crippen LogP contribution is -2.52. The zero-order chi connectivity index (χ0) is 21.1. The Kier molecular flexibility index (Phi) is 5.94. The largest absolute Gasteiger partial charge is 0.486 e. The van der Waals surface area contributed by atoms with Crippen molar-refractivity contribution in [3.63, 3.8) is 0 Å². The predicted octanol–water partition coefficient (Wildman–Crippen LogP) is 2.36. The molecular formula is C22H22N2O5S. The van der Waals surface area contributed by atoms with Gasteiger partial charge in [-0.1, -0.05) is 24.3 Å². The minimum Gasteiger partial charge on any atom is -0.486 e. The SMILES string of the molecule is CSCC[C@H](C(=O)NC[C@H]1COc2ccccc2O1)N1C(=O)c2ccccc2C1=O. The van der Waals surface area contributed by atoms with Crippen molar-refractivity contribution in [3.05, 3.63) is 59.7 Å². The zero-order valence-electron chi connectivity index (χ0n) is 16.5. The van der Waals surface area contributed by atoms with E-state index in [1.54, 1.807) is 36.0 Å². The van der Waals surface area contributed by atoms with Crippen LogP contribution in [0.4, 0.5) is 0 Å². The minimum atomic E-state index is -0.873. The molecule has 1 N–H and O–H groups in total. The van der Waals surface area contributed by atoms with Crippen molar-refractivity contribution in [2.75, 3.05) is 25.2 Å². The molecule has 0 bridgehead atoms. The zero-order valence-corrected chi connectivity index (χ0v) is 17.3. The molecule has 3 amide bonds. The Hall–Kier alpha value is -3.00. The first-order valence-electron chi connectivity index (χ1n) is 9.72. The highest BCUT2D eigenvalue weighted by atomic mass is 32.2. The number of nitrogens with zero attached hydrogens (tertiary/aromatic N) is 1. The molecule has 30 heavy (non-hydrogen) atoms. The Morgan fingerprint density at radius 2 is 1.73 bits per heavy atom. The van der Waals surface area contributed by atoms with Crippen LogP contribution < -0.4 is 14.8 Å². The van der Waals surface area contributed by atoms with Gasteiger partial charge in [-0.05, 0) is 42.7 Å². The number of rotatable bonds is 7. The van der Waals surface area contributed by atoms with E-state index in [2.05, 4.69) is 5.32 Å². The van der Waals surface area contributed by atoms with Gasteiger partial charge in [-0.3, -0.25) is 19.3 Å². The number of hydrogen-bond acceptors (Lipinski definition) is 6. The molecule has 156 valence electrons. The van der Waals surface area contributed by atoms with Crippen molar-refractivity contribution in [2.45, 2.75) is 18.6 Å². The van der Waals surface area contributed by atoms with E-state index in [9.17, 15) is 14.4 Å². The molecule has 0 saturated carbocycles. The lowest BCUT2D eigenvalue weighted by Gasteiger charge is -2.29. The molecule has 0 saturated heterocycles. The molecule has 0 fully saturated rings. The number of hydrogen-bond donors (Lipinski definition) is 1. The number of imide groups is 1. The third kappa shape index (κ3) is 3.87. The first-order valence-corrected chi connectivity index (χ1v) is 11.1.